The number of methoxy groups -OCH3 is 2. The number of aromatic nitrogens is 2. The second kappa shape index (κ2) is 9.31. The molecule has 0 atom stereocenters. The van der Waals surface area contributed by atoms with E-state index in [-0.39, 0.29) is 12.5 Å². The summed E-state index contributed by atoms with van der Waals surface area (Å²) in [4.78, 5) is 21.2. The second-order valence-electron chi connectivity index (χ2n) is 6.66. The number of rotatable bonds is 6. The fourth-order valence-corrected chi connectivity index (χ4v) is 3.34. The van der Waals surface area contributed by atoms with Crippen LogP contribution in [0.5, 0.6) is 11.5 Å². The number of aryl methyl sites for hydroxylation is 1. The van der Waals surface area contributed by atoms with E-state index in [2.05, 4.69) is 10.4 Å². The van der Waals surface area contributed by atoms with Crippen molar-refractivity contribution in [3.05, 3.63) is 36.2 Å². The maximum Gasteiger partial charge on any atom is 0.246 e. The molecule has 1 aliphatic rings. The zero-order chi connectivity index (χ0) is 20.8. The average Bonchev–Trinajstić information content (AvgIpc) is 3.16. The highest BCUT2D eigenvalue weighted by molar-refractivity contribution is 5.98. The Kier molecular flexibility index (Phi) is 6.58. The van der Waals surface area contributed by atoms with Crippen molar-refractivity contribution in [3.8, 4) is 11.5 Å². The molecular weight excluding hydrogens is 372 g/mol. The molecule has 156 valence electrons. The van der Waals surface area contributed by atoms with Gasteiger partial charge in [0.1, 0.15) is 6.54 Å². The van der Waals surface area contributed by atoms with Crippen molar-refractivity contribution in [2.75, 3.05) is 45.3 Å². The first-order valence-corrected chi connectivity index (χ1v) is 9.59. The van der Waals surface area contributed by atoms with Gasteiger partial charge in [-0.05, 0) is 13.0 Å². The minimum atomic E-state index is 0.0220. The van der Waals surface area contributed by atoms with E-state index < -0.39 is 0 Å². The standard InChI is InChI=1S/C20H28N6O3/c1-5-21-20(22-11-15-7-6-8-17(28-3)19(15)29-4)25-9-10-26(18(27)14-25)16-12-23-24(2)13-16/h6-8,12-13H,5,9-11,14H2,1-4H3,(H,21,22). The van der Waals surface area contributed by atoms with Gasteiger partial charge in [0.05, 0.1) is 32.6 Å². The highest BCUT2D eigenvalue weighted by atomic mass is 16.5. The lowest BCUT2D eigenvalue weighted by Crippen LogP contribution is -2.55. The van der Waals surface area contributed by atoms with Crippen LogP contribution in [0.2, 0.25) is 0 Å². The molecule has 1 saturated heterocycles. The molecule has 29 heavy (non-hydrogen) atoms. The Labute approximate surface area is 170 Å². The summed E-state index contributed by atoms with van der Waals surface area (Å²) in [5.74, 6) is 2.07. The highest BCUT2D eigenvalue weighted by Gasteiger charge is 2.27. The fourth-order valence-electron chi connectivity index (χ4n) is 3.34. The molecule has 0 aliphatic carbocycles. The first-order chi connectivity index (χ1) is 14.1. The Hall–Kier alpha value is -3.23. The zero-order valence-electron chi connectivity index (χ0n) is 17.4. The molecule has 0 spiro atoms. The summed E-state index contributed by atoms with van der Waals surface area (Å²) >= 11 is 0. The van der Waals surface area contributed by atoms with Crippen LogP contribution in [0.1, 0.15) is 12.5 Å². The van der Waals surface area contributed by atoms with Crippen molar-refractivity contribution in [1.82, 2.24) is 20.0 Å². The third-order valence-electron chi connectivity index (χ3n) is 4.74. The summed E-state index contributed by atoms with van der Waals surface area (Å²) in [5.41, 5.74) is 1.74. The van der Waals surface area contributed by atoms with Gasteiger partial charge in [0, 0.05) is 38.4 Å². The molecule has 2 heterocycles. The molecule has 0 unspecified atom stereocenters. The summed E-state index contributed by atoms with van der Waals surface area (Å²) in [6, 6.07) is 5.73. The number of nitrogens with zero attached hydrogens (tertiary/aromatic N) is 5. The van der Waals surface area contributed by atoms with Crippen LogP contribution in [0.3, 0.4) is 0 Å². The Balaban J connectivity index is 1.74. The summed E-state index contributed by atoms with van der Waals surface area (Å²) < 4.78 is 12.5. The average molecular weight is 400 g/mol. The zero-order valence-corrected chi connectivity index (χ0v) is 17.4. The van der Waals surface area contributed by atoms with Crippen molar-refractivity contribution in [2.24, 2.45) is 12.0 Å². The van der Waals surface area contributed by atoms with Crippen LogP contribution in [0.4, 0.5) is 5.69 Å². The molecular formula is C20H28N6O3. The monoisotopic (exact) mass is 400 g/mol. The van der Waals surface area contributed by atoms with Crippen molar-refractivity contribution < 1.29 is 14.3 Å². The number of piperazine rings is 1. The molecule has 1 aliphatic heterocycles. The van der Waals surface area contributed by atoms with Gasteiger partial charge in [0.15, 0.2) is 17.5 Å². The SMILES string of the molecule is CCNC(=NCc1cccc(OC)c1OC)N1CCN(c2cnn(C)c2)C(=O)C1. The number of hydrogen-bond acceptors (Lipinski definition) is 5. The molecule has 9 heteroatoms. The Bertz CT molecular complexity index is 879. The van der Waals surface area contributed by atoms with Crippen molar-refractivity contribution in [3.63, 3.8) is 0 Å². The van der Waals surface area contributed by atoms with E-state index in [0.29, 0.717) is 43.6 Å². The second-order valence-corrected chi connectivity index (χ2v) is 6.66. The number of benzene rings is 1. The number of guanidine groups is 1. The third-order valence-corrected chi connectivity index (χ3v) is 4.74. The van der Waals surface area contributed by atoms with Crippen LogP contribution in [-0.2, 0) is 18.4 Å². The molecule has 1 N–H and O–H groups in total. The van der Waals surface area contributed by atoms with Gasteiger partial charge >= 0.3 is 0 Å². The lowest BCUT2D eigenvalue weighted by Gasteiger charge is -2.35. The number of aliphatic imine (C=N–C) groups is 1. The number of nitrogens with one attached hydrogen (secondary N) is 1. The summed E-state index contributed by atoms with van der Waals surface area (Å²) in [7, 11) is 5.07. The van der Waals surface area contributed by atoms with Gasteiger partial charge in [-0.1, -0.05) is 12.1 Å². The van der Waals surface area contributed by atoms with Crippen molar-refractivity contribution >= 4 is 17.6 Å². The number of anilines is 1. The van der Waals surface area contributed by atoms with Gasteiger partial charge in [0.2, 0.25) is 5.91 Å². The van der Waals surface area contributed by atoms with E-state index >= 15 is 0 Å². The van der Waals surface area contributed by atoms with Crippen LogP contribution < -0.4 is 19.7 Å². The van der Waals surface area contributed by atoms with Gasteiger partial charge in [-0.3, -0.25) is 9.48 Å². The van der Waals surface area contributed by atoms with Gasteiger partial charge < -0.3 is 24.6 Å². The topological polar surface area (TPSA) is 84.2 Å². The van der Waals surface area contributed by atoms with Crippen LogP contribution in [0.25, 0.3) is 0 Å². The summed E-state index contributed by atoms with van der Waals surface area (Å²) in [5, 5.41) is 7.44. The van der Waals surface area contributed by atoms with Gasteiger partial charge in [0.25, 0.3) is 0 Å². The number of hydrogen-bond donors (Lipinski definition) is 1. The van der Waals surface area contributed by atoms with Gasteiger partial charge in [-0.2, -0.15) is 5.10 Å². The van der Waals surface area contributed by atoms with Crippen LogP contribution in [0, 0.1) is 0 Å². The van der Waals surface area contributed by atoms with E-state index in [1.807, 2.05) is 43.3 Å². The van der Waals surface area contributed by atoms with E-state index in [0.717, 1.165) is 11.3 Å². The van der Waals surface area contributed by atoms with Crippen LogP contribution in [0.15, 0.2) is 35.6 Å². The number of carbonyl (C=O) groups is 1. The van der Waals surface area contributed by atoms with Gasteiger partial charge in [-0.15, -0.1) is 0 Å². The maximum absolute atomic E-state index is 12.7. The molecule has 9 nitrogen and oxygen atoms in total. The van der Waals surface area contributed by atoms with E-state index in [1.54, 1.807) is 30.0 Å². The minimum absolute atomic E-state index is 0.0220. The molecule has 1 amide bonds. The molecule has 0 radical (unpaired) electrons. The first-order valence-electron chi connectivity index (χ1n) is 9.59. The predicted octanol–water partition coefficient (Wildman–Crippen LogP) is 1.25. The molecule has 3 rings (SSSR count). The predicted molar refractivity (Wildman–Crippen MR) is 111 cm³/mol. The Morgan fingerprint density at radius 3 is 2.72 bits per heavy atom. The molecule has 0 bridgehead atoms. The van der Waals surface area contributed by atoms with Crippen molar-refractivity contribution in [2.45, 2.75) is 13.5 Å². The highest BCUT2D eigenvalue weighted by Crippen LogP contribution is 2.31. The molecule has 1 fully saturated rings. The third kappa shape index (κ3) is 4.61. The largest absolute Gasteiger partial charge is 0.493 e. The lowest BCUT2D eigenvalue weighted by atomic mass is 10.2. The van der Waals surface area contributed by atoms with Gasteiger partial charge in [-0.25, -0.2) is 4.99 Å². The molecule has 1 aromatic carbocycles. The first kappa shape index (κ1) is 20.5. The van der Waals surface area contributed by atoms with Crippen LogP contribution >= 0.6 is 0 Å². The smallest absolute Gasteiger partial charge is 0.246 e. The number of amides is 1. The van der Waals surface area contributed by atoms with Crippen LogP contribution in [-0.4, -0.2) is 66.9 Å². The minimum Gasteiger partial charge on any atom is -0.493 e. The summed E-state index contributed by atoms with van der Waals surface area (Å²) in [6.07, 6.45) is 3.56. The normalized spacial score (nSPS) is 14.9. The molecule has 0 saturated carbocycles. The maximum atomic E-state index is 12.7. The quantitative estimate of drug-likeness (QED) is 0.580. The molecule has 2 aromatic rings. The Morgan fingerprint density at radius 1 is 1.28 bits per heavy atom. The van der Waals surface area contributed by atoms with E-state index in [1.165, 1.54) is 0 Å². The summed E-state index contributed by atoms with van der Waals surface area (Å²) in [6.45, 7) is 4.66. The van der Waals surface area contributed by atoms with E-state index in [4.69, 9.17) is 14.5 Å². The Morgan fingerprint density at radius 2 is 2.10 bits per heavy atom. The lowest BCUT2D eigenvalue weighted by molar-refractivity contribution is -0.120. The van der Waals surface area contributed by atoms with Crippen molar-refractivity contribution in [1.29, 1.82) is 0 Å². The number of para-hydroxylation sites is 1. The number of ether oxygens (including phenoxy) is 2. The molecule has 1 aromatic heterocycles. The number of carbonyl (C=O) groups excluding carboxylic acids is 1. The fraction of sp³-hybridized carbons (Fsp3) is 0.450. The van der Waals surface area contributed by atoms with E-state index in [9.17, 15) is 4.79 Å².